The van der Waals surface area contributed by atoms with Crippen LogP contribution < -0.4 is 5.32 Å². The van der Waals surface area contributed by atoms with E-state index < -0.39 is 12.2 Å². The molecule has 0 aromatic rings. The second-order valence-corrected chi connectivity index (χ2v) is 3.07. The molecule has 0 saturated carbocycles. The van der Waals surface area contributed by atoms with Gasteiger partial charge in [-0.25, -0.2) is 0 Å². The molecule has 1 N–H and O–H groups in total. The molecule has 0 spiro atoms. The molecule has 0 radical (unpaired) electrons. The molecule has 0 aromatic heterocycles. The predicted molar refractivity (Wildman–Crippen MR) is 40.1 cm³/mol. The first-order valence-corrected chi connectivity index (χ1v) is 3.95. The third-order valence-corrected chi connectivity index (χ3v) is 2.01. The van der Waals surface area contributed by atoms with Crippen LogP contribution in [0.5, 0.6) is 0 Å². The number of nitrogens with zero attached hydrogens (tertiary/aromatic N) is 1. The maximum Gasteiger partial charge on any atom is 0.405 e. The summed E-state index contributed by atoms with van der Waals surface area (Å²) in [6.07, 6.45) is -4.15. The fourth-order valence-electron chi connectivity index (χ4n) is 1.20. The first-order chi connectivity index (χ1) is 5.91. The number of hydrogen-bond donors (Lipinski definition) is 1. The number of alkyl halides is 3. The number of likely N-dealkylation sites (N-methyl/N-ethyl adjacent to an activating group) is 1. The van der Waals surface area contributed by atoms with Gasteiger partial charge in [-0.3, -0.25) is 4.79 Å². The van der Waals surface area contributed by atoms with E-state index in [4.69, 9.17) is 0 Å². The van der Waals surface area contributed by atoms with E-state index in [1.165, 1.54) is 7.05 Å². The zero-order valence-corrected chi connectivity index (χ0v) is 7.19. The van der Waals surface area contributed by atoms with Gasteiger partial charge in [0, 0.05) is 26.6 Å². The van der Waals surface area contributed by atoms with E-state index in [1.807, 2.05) is 0 Å². The molecule has 0 aliphatic carbocycles. The van der Waals surface area contributed by atoms with E-state index in [9.17, 15) is 18.0 Å². The Labute approximate surface area is 73.9 Å². The molecular formula is C7H11F3N2O. The Morgan fingerprint density at radius 2 is 2.15 bits per heavy atom. The Bertz CT molecular complexity index is 204. The average molecular weight is 196 g/mol. The fourth-order valence-corrected chi connectivity index (χ4v) is 1.20. The SMILES string of the molecule is CN1CC(C(F)(F)F)NCCC1=O. The molecule has 1 heterocycles. The van der Waals surface area contributed by atoms with Gasteiger partial charge in [0.2, 0.25) is 5.91 Å². The second kappa shape index (κ2) is 3.53. The fraction of sp³-hybridized carbons (Fsp3) is 0.857. The van der Waals surface area contributed by atoms with Gasteiger partial charge in [0.25, 0.3) is 0 Å². The van der Waals surface area contributed by atoms with Crippen LogP contribution in [0.3, 0.4) is 0 Å². The van der Waals surface area contributed by atoms with Crippen molar-refractivity contribution in [2.24, 2.45) is 0 Å². The summed E-state index contributed by atoms with van der Waals surface area (Å²) in [6.45, 7) is -0.213. The van der Waals surface area contributed by atoms with E-state index in [0.29, 0.717) is 0 Å². The van der Waals surface area contributed by atoms with Crippen molar-refractivity contribution in [2.45, 2.75) is 18.6 Å². The van der Waals surface area contributed by atoms with E-state index in [0.717, 1.165) is 4.90 Å². The molecule has 0 aromatic carbocycles. The molecule has 6 heteroatoms. The molecule has 1 aliphatic heterocycles. The summed E-state index contributed by atoms with van der Waals surface area (Å²) in [5.41, 5.74) is 0. The Hall–Kier alpha value is -0.780. The van der Waals surface area contributed by atoms with Crippen LogP contribution in [0.25, 0.3) is 0 Å². The number of rotatable bonds is 0. The van der Waals surface area contributed by atoms with Crippen LogP contribution in [-0.4, -0.2) is 43.2 Å². The van der Waals surface area contributed by atoms with Crippen molar-refractivity contribution < 1.29 is 18.0 Å². The predicted octanol–water partition coefficient (Wildman–Crippen LogP) is 0.369. The van der Waals surface area contributed by atoms with E-state index in [1.54, 1.807) is 0 Å². The molecule has 76 valence electrons. The normalized spacial score (nSPS) is 26.0. The van der Waals surface area contributed by atoms with Crippen molar-refractivity contribution in [3.05, 3.63) is 0 Å². The lowest BCUT2D eigenvalue weighted by Crippen LogP contribution is -2.47. The topological polar surface area (TPSA) is 32.3 Å². The molecule has 13 heavy (non-hydrogen) atoms. The van der Waals surface area contributed by atoms with Crippen LogP contribution >= 0.6 is 0 Å². The first kappa shape index (κ1) is 10.3. The highest BCUT2D eigenvalue weighted by atomic mass is 19.4. The Kier molecular flexibility index (Phi) is 2.80. The third-order valence-electron chi connectivity index (χ3n) is 2.01. The number of carbonyl (C=O) groups excluding carboxylic acids is 1. The minimum absolute atomic E-state index is 0.0906. The van der Waals surface area contributed by atoms with Gasteiger partial charge in [-0.15, -0.1) is 0 Å². The van der Waals surface area contributed by atoms with Gasteiger partial charge in [-0.2, -0.15) is 13.2 Å². The molecular weight excluding hydrogens is 185 g/mol. The smallest absolute Gasteiger partial charge is 0.344 e. The Morgan fingerprint density at radius 1 is 1.54 bits per heavy atom. The highest BCUT2D eigenvalue weighted by Gasteiger charge is 2.41. The molecule has 1 saturated heterocycles. The summed E-state index contributed by atoms with van der Waals surface area (Å²) in [7, 11) is 1.38. The summed E-state index contributed by atoms with van der Waals surface area (Å²) >= 11 is 0. The zero-order valence-electron chi connectivity index (χ0n) is 7.19. The van der Waals surface area contributed by atoms with Crippen molar-refractivity contribution in [1.82, 2.24) is 10.2 Å². The molecule has 0 bridgehead atoms. The number of hydrogen-bond acceptors (Lipinski definition) is 2. The molecule has 1 unspecified atom stereocenters. The van der Waals surface area contributed by atoms with Gasteiger partial charge in [-0.1, -0.05) is 0 Å². The Morgan fingerprint density at radius 3 is 2.69 bits per heavy atom. The summed E-state index contributed by atoms with van der Waals surface area (Å²) in [5, 5.41) is 2.29. The molecule has 3 nitrogen and oxygen atoms in total. The molecule has 1 amide bonds. The van der Waals surface area contributed by atoms with Crippen LogP contribution in [0, 0.1) is 0 Å². The minimum Gasteiger partial charge on any atom is -0.344 e. The van der Waals surface area contributed by atoms with Gasteiger partial charge in [0.1, 0.15) is 6.04 Å². The van der Waals surface area contributed by atoms with Gasteiger partial charge < -0.3 is 10.2 Å². The van der Waals surface area contributed by atoms with Crippen molar-refractivity contribution in [1.29, 1.82) is 0 Å². The molecule has 1 fully saturated rings. The standard InChI is InChI=1S/C7H11F3N2O/c1-12-4-5(7(8,9)10)11-3-2-6(12)13/h5,11H,2-4H2,1H3. The number of nitrogens with one attached hydrogen (secondary N) is 1. The first-order valence-electron chi connectivity index (χ1n) is 3.95. The maximum absolute atomic E-state index is 12.2. The third kappa shape index (κ3) is 2.58. The highest BCUT2D eigenvalue weighted by molar-refractivity contribution is 5.76. The van der Waals surface area contributed by atoms with Crippen molar-refractivity contribution in [3.8, 4) is 0 Å². The maximum atomic E-state index is 12.2. The summed E-state index contributed by atoms with van der Waals surface area (Å²) in [5.74, 6) is -0.251. The van der Waals surface area contributed by atoms with E-state index in [2.05, 4.69) is 5.32 Å². The van der Waals surface area contributed by atoms with Crippen LogP contribution in [0.4, 0.5) is 13.2 Å². The number of carbonyl (C=O) groups is 1. The van der Waals surface area contributed by atoms with Gasteiger partial charge in [0.05, 0.1) is 0 Å². The zero-order chi connectivity index (χ0) is 10.1. The summed E-state index contributed by atoms with van der Waals surface area (Å²) in [4.78, 5) is 12.1. The molecule has 1 atom stereocenters. The number of amides is 1. The lowest BCUT2D eigenvalue weighted by Gasteiger charge is -2.22. The lowest BCUT2D eigenvalue weighted by atomic mass is 10.3. The van der Waals surface area contributed by atoms with Gasteiger partial charge in [-0.05, 0) is 0 Å². The molecule has 1 aliphatic rings. The van der Waals surface area contributed by atoms with Crippen molar-refractivity contribution >= 4 is 5.91 Å². The summed E-state index contributed by atoms with van der Waals surface area (Å²) in [6, 6.07) is -1.59. The lowest BCUT2D eigenvalue weighted by molar-refractivity contribution is -0.158. The summed E-state index contributed by atoms with van der Waals surface area (Å²) < 4.78 is 36.7. The van der Waals surface area contributed by atoms with Crippen molar-refractivity contribution in [3.63, 3.8) is 0 Å². The Balaban J connectivity index is 2.64. The second-order valence-electron chi connectivity index (χ2n) is 3.07. The van der Waals surface area contributed by atoms with Crippen molar-refractivity contribution in [2.75, 3.05) is 20.1 Å². The van der Waals surface area contributed by atoms with E-state index in [-0.39, 0.29) is 25.4 Å². The van der Waals surface area contributed by atoms with Crippen LogP contribution in [0.15, 0.2) is 0 Å². The molecule has 1 rings (SSSR count). The number of halogens is 3. The van der Waals surface area contributed by atoms with Crippen LogP contribution in [-0.2, 0) is 4.79 Å². The van der Waals surface area contributed by atoms with E-state index >= 15 is 0 Å². The quantitative estimate of drug-likeness (QED) is 0.607. The van der Waals surface area contributed by atoms with Crippen LogP contribution in [0.1, 0.15) is 6.42 Å². The van der Waals surface area contributed by atoms with Gasteiger partial charge >= 0.3 is 6.18 Å². The average Bonchev–Trinajstić information content (AvgIpc) is 2.13. The monoisotopic (exact) mass is 196 g/mol. The van der Waals surface area contributed by atoms with Crippen LogP contribution in [0.2, 0.25) is 0 Å². The largest absolute Gasteiger partial charge is 0.405 e. The minimum atomic E-state index is -4.28. The van der Waals surface area contributed by atoms with Gasteiger partial charge in [0.15, 0.2) is 0 Å². The highest BCUT2D eigenvalue weighted by Crippen LogP contribution is 2.21.